The summed E-state index contributed by atoms with van der Waals surface area (Å²) >= 11 is 0. The number of amides is 2. The van der Waals surface area contributed by atoms with E-state index in [4.69, 9.17) is 18.9 Å². The lowest BCUT2D eigenvalue weighted by atomic mass is 9.96. The van der Waals surface area contributed by atoms with Crippen molar-refractivity contribution in [2.24, 2.45) is 0 Å². The molecule has 0 aliphatic rings. The van der Waals surface area contributed by atoms with Crippen molar-refractivity contribution in [1.82, 2.24) is 10.6 Å². The Labute approximate surface area is 322 Å². The maximum atomic E-state index is 13.6. The van der Waals surface area contributed by atoms with Gasteiger partial charge >= 0.3 is 24.1 Å². The van der Waals surface area contributed by atoms with Crippen LogP contribution in [0.25, 0.3) is 0 Å². The minimum Gasteiger partial charge on any atom is -0.503 e. The Kier molecular flexibility index (Phi) is 14.8. The van der Waals surface area contributed by atoms with Crippen molar-refractivity contribution in [3.8, 4) is 5.75 Å². The highest BCUT2D eigenvalue weighted by Gasteiger charge is 2.32. The summed E-state index contributed by atoms with van der Waals surface area (Å²) in [6, 6.07) is 25.5. The van der Waals surface area contributed by atoms with Crippen molar-refractivity contribution < 1.29 is 47.8 Å². The number of aromatic nitrogens is 1. The maximum absolute atomic E-state index is 13.6. The zero-order chi connectivity index (χ0) is 40.0. The molecule has 0 aliphatic heterocycles. The highest BCUT2D eigenvalue weighted by Crippen LogP contribution is 2.25. The lowest BCUT2D eigenvalue weighted by Gasteiger charge is -2.26. The van der Waals surface area contributed by atoms with Gasteiger partial charge in [0.15, 0.2) is 18.5 Å². The van der Waals surface area contributed by atoms with E-state index in [-0.39, 0.29) is 38.2 Å². The van der Waals surface area contributed by atoms with Crippen LogP contribution in [0.2, 0.25) is 0 Å². The van der Waals surface area contributed by atoms with Gasteiger partial charge in [-0.3, -0.25) is 0 Å². The fraction of sp³-hybridized carbons (Fsp3) is 0.372. The van der Waals surface area contributed by atoms with Crippen LogP contribution >= 0.6 is 0 Å². The SMILES string of the molecule is CC(C)(C)OC(=O)[C@H](CCc1c[n+](Cc2ccccc2)cc(O)c1C[C@H](NC(=O)OCc1ccccc1)C(=O)OC(C)(C)C)NC(=O)OCc1ccccc1. The molecular formula is C43H52N3O9+. The van der Waals surface area contributed by atoms with Crippen molar-refractivity contribution in [1.29, 1.82) is 0 Å². The summed E-state index contributed by atoms with van der Waals surface area (Å²) in [4.78, 5) is 53.1. The second-order valence-corrected chi connectivity index (χ2v) is 15.1. The van der Waals surface area contributed by atoms with Gasteiger partial charge < -0.3 is 34.7 Å². The Morgan fingerprint density at radius 2 is 1.07 bits per heavy atom. The Hall–Kier alpha value is -5.91. The Morgan fingerprint density at radius 1 is 0.636 bits per heavy atom. The largest absolute Gasteiger partial charge is 0.503 e. The average Bonchev–Trinajstić information content (AvgIpc) is 3.12. The van der Waals surface area contributed by atoms with E-state index in [2.05, 4.69) is 10.6 Å². The number of benzene rings is 3. The third-order valence-electron chi connectivity index (χ3n) is 8.02. The molecule has 0 saturated carbocycles. The van der Waals surface area contributed by atoms with E-state index in [0.29, 0.717) is 17.7 Å². The van der Waals surface area contributed by atoms with Gasteiger partial charge in [-0.05, 0) is 65.5 Å². The number of aromatic hydroxyl groups is 1. The minimum atomic E-state index is -1.26. The molecule has 0 unspecified atom stereocenters. The Morgan fingerprint density at radius 3 is 1.55 bits per heavy atom. The molecule has 0 spiro atoms. The molecule has 2 atom stereocenters. The van der Waals surface area contributed by atoms with Crippen molar-refractivity contribution in [2.45, 2.75) is 104 Å². The zero-order valence-corrected chi connectivity index (χ0v) is 32.4. The first-order valence-electron chi connectivity index (χ1n) is 18.2. The molecule has 3 N–H and O–H groups in total. The van der Waals surface area contributed by atoms with Crippen LogP contribution in [-0.4, -0.2) is 52.5 Å². The summed E-state index contributed by atoms with van der Waals surface area (Å²) in [6.07, 6.45) is 1.70. The smallest absolute Gasteiger partial charge is 0.408 e. The van der Waals surface area contributed by atoms with Crippen molar-refractivity contribution in [3.63, 3.8) is 0 Å². The van der Waals surface area contributed by atoms with Crippen molar-refractivity contribution in [2.75, 3.05) is 0 Å². The highest BCUT2D eigenvalue weighted by atomic mass is 16.6. The summed E-state index contributed by atoms with van der Waals surface area (Å²) in [5.74, 6) is -1.55. The second kappa shape index (κ2) is 19.4. The van der Waals surface area contributed by atoms with Crippen molar-refractivity contribution >= 4 is 24.1 Å². The number of hydrogen-bond donors (Lipinski definition) is 3. The number of nitrogens with zero attached hydrogens (tertiary/aromatic N) is 1. The van der Waals surface area contributed by atoms with E-state index in [9.17, 15) is 24.3 Å². The Balaban J connectivity index is 1.64. The number of alkyl carbamates (subject to hydrolysis) is 2. The van der Waals surface area contributed by atoms with Crippen LogP contribution in [0.1, 0.15) is 75.8 Å². The molecule has 4 aromatic rings. The number of nitrogens with one attached hydrogen (secondary N) is 2. The van der Waals surface area contributed by atoms with Crippen LogP contribution < -0.4 is 15.2 Å². The number of carbonyl (C=O) groups is 4. The van der Waals surface area contributed by atoms with Gasteiger partial charge in [-0.1, -0.05) is 91.0 Å². The standard InChI is InChI=1S/C43H51N3O9/c1-42(2,3)54-38(48)35(44-40(50)52-28-31-18-12-8-13-19-31)23-22-33-26-46(25-30-16-10-7-11-17-30)27-37(47)34(33)24-36(39(49)55-43(4,5)6)45-41(51)53-29-32-20-14-9-15-21-32/h7-21,26-27,35-36H,22-25,28-29H2,1-6H3,(H2-,44,45,47,50,51)/p+1/t35-,36-/m0/s1. The maximum Gasteiger partial charge on any atom is 0.408 e. The first-order chi connectivity index (χ1) is 26.0. The molecule has 2 amide bonds. The normalized spacial score (nSPS) is 12.5. The van der Waals surface area contributed by atoms with Crippen LogP contribution in [0.4, 0.5) is 9.59 Å². The molecule has 55 heavy (non-hydrogen) atoms. The predicted molar refractivity (Wildman–Crippen MR) is 205 cm³/mol. The van der Waals surface area contributed by atoms with Gasteiger partial charge in [0.1, 0.15) is 36.5 Å². The lowest BCUT2D eigenvalue weighted by molar-refractivity contribution is -0.689. The monoisotopic (exact) mass is 754 g/mol. The summed E-state index contributed by atoms with van der Waals surface area (Å²) in [6.45, 7) is 10.7. The van der Waals surface area contributed by atoms with Gasteiger partial charge in [0.25, 0.3) is 0 Å². The number of ether oxygens (including phenoxy) is 4. The molecule has 0 radical (unpaired) electrons. The molecule has 1 aromatic heterocycles. The summed E-state index contributed by atoms with van der Waals surface area (Å²) in [7, 11) is 0. The number of rotatable bonds is 15. The number of aryl methyl sites for hydroxylation is 1. The van der Waals surface area contributed by atoms with E-state index in [0.717, 1.165) is 16.7 Å². The third-order valence-corrected chi connectivity index (χ3v) is 8.02. The number of carbonyl (C=O) groups excluding carboxylic acids is 4. The molecule has 12 heteroatoms. The fourth-order valence-electron chi connectivity index (χ4n) is 5.56. The first kappa shape index (κ1) is 41.8. The molecule has 0 fully saturated rings. The van der Waals surface area contributed by atoms with Crippen LogP contribution in [0.15, 0.2) is 103 Å². The molecule has 0 bridgehead atoms. The van der Waals surface area contributed by atoms with Gasteiger partial charge in [0.05, 0.1) is 0 Å². The number of hydrogen-bond acceptors (Lipinski definition) is 9. The summed E-state index contributed by atoms with van der Waals surface area (Å²) in [5, 5.41) is 16.8. The molecule has 12 nitrogen and oxygen atoms in total. The first-order valence-corrected chi connectivity index (χ1v) is 18.2. The summed E-state index contributed by atoms with van der Waals surface area (Å²) in [5.41, 5.74) is 1.66. The highest BCUT2D eigenvalue weighted by molar-refractivity contribution is 5.82. The van der Waals surface area contributed by atoms with Crippen LogP contribution in [0.3, 0.4) is 0 Å². The van der Waals surface area contributed by atoms with Crippen LogP contribution in [-0.2, 0) is 61.1 Å². The fourth-order valence-corrected chi connectivity index (χ4v) is 5.56. The molecule has 292 valence electrons. The second-order valence-electron chi connectivity index (χ2n) is 15.1. The van der Waals surface area contributed by atoms with E-state index in [1.807, 2.05) is 85.1 Å². The van der Waals surface area contributed by atoms with Gasteiger partial charge in [-0.2, -0.15) is 4.57 Å². The molecule has 0 aliphatic carbocycles. The average molecular weight is 755 g/mol. The molecule has 4 rings (SSSR count). The number of pyridine rings is 1. The lowest BCUT2D eigenvalue weighted by Crippen LogP contribution is -2.46. The van der Waals surface area contributed by atoms with E-state index in [1.165, 1.54) is 6.20 Å². The summed E-state index contributed by atoms with van der Waals surface area (Å²) < 4.78 is 24.0. The minimum absolute atomic E-state index is 0.00323. The van der Waals surface area contributed by atoms with Gasteiger partial charge in [-0.15, -0.1) is 0 Å². The van der Waals surface area contributed by atoms with Crippen LogP contribution in [0.5, 0.6) is 5.75 Å². The number of esters is 2. The van der Waals surface area contributed by atoms with Gasteiger partial charge in [-0.25, -0.2) is 19.2 Å². The van der Waals surface area contributed by atoms with E-state index < -0.39 is 47.4 Å². The molecule has 0 saturated heterocycles. The van der Waals surface area contributed by atoms with Crippen molar-refractivity contribution in [3.05, 3.63) is 131 Å². The molecular weight excluding hydrogens is 702 g/mol. The topological polar surface area (TPSA) is 153 Å². The van der Waals surface area contributed by atoms with Gasteiger partial charge in [0, 0.05) is 23.1 Å². The predicted octanol–water partition coefficient (Wildman–Crippen LogP) is 6.48. The molecule has 1 heterocycles. The third kappa shape index (κ3) is 14.8. The molecule has 3 aromatic carbocycles. The quantitative estimate of drug-likeness (QED) is 0.0704. The van der Waals surface area contributed by atoms with Crippen LogP contribution in [0, 0.1) is 0 Å². The van der Waals surface area contributed by atoms with Gasteiger partial charge in [0.2, 0.25) is 6.20 Å². The van der Waals surface area contributed by atoms with E-state index in [1.54, 1.807) is 58.2 Å². The Bertz CT molecular complexity index is 1870. The zero-order valence-electron chi connectivity index (χ0n) is 32.4. The van der Waals surface area contributed by atoms with E-state index >= 15 is 0 Å².